The van der Waals surface area contributed by atoms with Crippen LogP contribution in [0.25, 0.3) is 17.1 Å². The summed E-state index contributed by atoms with van der Waals surface area (Å²) in [6.45, 7) is -0.259. The van der Waals surface area contributed by atoms with E-state index in [9.17, 15) is 23.2 Å². The Morgan fingerprint density at radius 1 is 1.16 bits per heavy atom. The molecule has 1 aromatic carbocycles. The Labute approximate surface area is 179 Å². The van der Waals surface area contributed by atoms with E-state index in [0.29, 0.717) is 29.1 Å². The summed E-state index contributed by atoms with van der Waals surface area (Å²) in [7, 11) is 0. The third kappa shape index (κ3) is 3.53. The van der Waals surface area contributed by atoms with Crippen LogP contribution in [0.15, 0.2) is 36.7 Å². The van der Waals surface area contributed by atoms with E-state index in [2.05, 4.69) is 20.7 Å². The average molecular weight is 441 g/mol. The van der Waals surface area contributed by atoms with E-state index in [-0.39, 0.29) is 24.8 Å². The Bertz CT molecular complexity index is 1240. The minimum Gasteiger partial charge on any atom is -0.322 e. The van der Waals surface area contributed by atoms with E-state index < -0.39 is 24.9 Å². The molecular weight excluding hydrogens is 424 g/mol. The van der Waals surface area contributed by atoms with Crippen molar-refractivity contribution in [1.82, 2.24) is 35.0 Å². The molecule has 0 spiro atoms. The highest BCUT2D eigenvalue weighted by Gasteiger charge is 2.39. The number of halogens is 2. The van der Waals surface area contributed by atoms with Gasteiger partial charge in [0.05, 0.1) is 11.9 Å². The number of hydrogen-bond donors (Lipinski definition) is 1. The van der Waals surface area contributed by atoms with Gasteiger partial charge in [0.2, 0.25) is 11.8 Å². The fourth-order valence-corrected chi connectivity index (χ4v) is 3.95. The number of fused-ring (bicyclic) bond motifs is 1. The van der Waals surface area contributed by atoms with Crippen molar-refractivity contribution in [2.24, 2.45) is 0 Å². The molecule has 0 aliphatic carbocycles. The highest BCUT2D eigenvalue weighted by Crippen LogP contribution is 2.29. The predicted octanol–water partition coefficient (Wildman–Crippen LogP) is 1.16. The topological polar surface area (TPSA) is 115 Å². The van der Waals surface area contributed by atoms with E-state index in [1.807, 2.05) is 0 Å². The molecule has 0 bridgehead atoms. The van der Waals surface area contributed by atoms with Crippen LogP contribution in [0.4, 0.5) is 8.78 Å². The number of nitrogens with zero attached hydrogens (tertiary/aromatic N) is 6. The molecule has 1 unspecified atom stereocenters. The first kappa shape index (κ1) is 20.0. The fourth-order valence-electron chi connectivity index (χ4n) is 3.95. The largest absolute Gasteiger partial charge is 0.322 e. The van der Waals surface area contributed by atoms with Crippen LogP contribution in [-0.4, -0.2) is 59.9 Å². The maximum Gasteiger partial charge on any atom is 0.257 e. The number of aromatic nitrogens is 5. The molecule has 2 aromatic heterocycles. The number of hydrogen-bond acceptors (Lipinski definition) is 6. The summed E-state index contributed by atoms with van der Waals surface area (Å²) in [6.07, 6.45) is 1.04. The van der Waals surface area contributed by atoms with Gasteiger partial charge in [-0.05, 0) is 36.2 Å². The molecule has 12 heteroatoms. The van der Waals surface area contributed by atoms with Crippen molar-refractivity contribution in [3.63, 3.8) is 0 Å². The van der Waals surface area contributed by atoms with Crippen LogP contribution < -0.4 is 5.32 Å². The Kier molecular flexibility index (Phi) is 4.76. The number of piperidine rings is 1. The maximum absolute atomic E-state index is 12.8. The van der Waals surface area contributed by atoms with E-state index in [0.717, 1.165) is 10.2 Å². The first-order chi connectivity index (χ1) is 15.4. The van der Waals surface area contributed by atoms with Crippen LogP contribution in [-0.2, 0) is 22.7 Å². The molecule has 10 nitrogen and oxygen atoms in total. The van der Waals surface area contributed by atoms with Crippen LogP contribution in [0.2, 0.25) is 0 Å². The van der Waals surface area contributed by atoms with Gasteiger partial charge in [0.1, 0.15) is 24.0 Å². The second kappa shape index (κ2) is 7.62. The molecule has 2 aliphatic heterocycles. The minimum absolute atomic E-state index is 0.191. The summed E-state index contributed by atoms with van der Waals surface area (Å²) in [5.74, 6) is -1.06. The van der Waals surface area contributed by atoms with Crippen molar-refractivity contribution >= 4 is 17.7 Å². The Morgan fingerprint density at radius 3 is 2.78 bits per heavy atom. The summed E-state index contributed by atoms with van der Waals surface area (Å²) in [4.78, 5) is 37.8. The maximum atomic E-state index is 12.8. The molecule has 1 N–H and O–H groups in total. The van der Waals surface area contributed by atoms with Crippen molar-refractivity contribution in [3.05, 3.63) is 47.8 Å². The Hall–Kier alpha value is -3.96. The highest BCUT2D eigenvalue weighted by atomic mass is 19.3. The molecule has 3 aromatic rings. The van der Waals surface area contributed by atoms with Crippen LogP contribution in [0.5, 0.6) is 0 Å². The van der Waals surface area contributed by atoms with E-state index in [1.54, 1.807) is 30.5 Å². The summed E-state index contributed by atoms with van der Waals surface area (Å²) in [6, 6.07) is 6.05. The lowest BCUT2D eigenvalue weighted by molar-refractivity contribution is -0.136. The zero-order valence-corrected chi connectivity index (χ0v) is 16.6. The lowest BCUT2D eigenvalue weighted by Crippen LogP contribution is -2.52. The van der Waals surface area contributed by atoms with Gasteiger partial charge in [-0.1, -0.05) is 5.21 Å². The standard InChI is InChI=1S/C20H17F2N7O3/c21-17(22)10-27-6-5-14(25-27)15-9-29(26-24-15)12-1-2-13-11(7-12)8-28(20(13)32)16-3-4-18(30)23-19(16)31/h1-2,5-7,9,16-17H,3-4,8,10H2,(H,23,30,31). The minimum atomic E-state index is -2.51. The summed E-state index contributed by atoms with van der Waals surface area (Å²) >= 11 is 0. The third-order valence-electron chi connectivity index (χ3n) is 5.49. The van der Waals surface area contributed by atoms with Gasteiger partial charge < -0.3 is 4.90 Å². The Morgan fingerprint density at radius 2 is 2.00 bits per heavy atom. The first-order valence-electron chi connectivity index (χ1n) is 9.91. The molecule has 1 atom stereocenters. The fraction of sp³-hybridized carbons (Fsp3) is 0.300. The molecule has 1 fully saturated rings. The van der Waals surface area contributed by atoms with Gasteiger partial charge in [0.15, 0.2) is 0 Å². The molecule has 2 aliphatic rings. The third-order valence-corrected chi connectivity index (χ3v) is 5.49. The zero-order valence-electron chi connectivity index (χ0n) is 16.6. The van der Waals surface area contributed by atoms with Gasteiger partial charge in [-0.2, -0.15) is 5.10 Å². The number of rotatable bonds is 5. The number of carbonyl (C=O) groups excluding carboxylic acids is 3. The highest BCUT2D eigenvalue weighted by molar-refractivity contribution is 6.05. The molecule has 3 amide bonds. The van der Waals surface area contributed by atoms with Gasteiger partial charge in [-0.25, -0.2) is 13.5 Å². The van der Waals surface area contributed by atoms with Gasteiger partial charge in [-0.3, -0.25) is 24.4 Å². The molecule has 5 rings (SSSR count). The number of amides is 3. The van der Waals surface area contributed by atoms with Crippen LogP contribution >= 0.6 is 0 Å². The van der Waals surface area contributed by atoms with E-state index in [1.165, 1.54) is 15.8 Å². The number of benzene rings is 1. The molecule has 164 valence electrons. The predicted molar refractivity (Wildman–Crippen MR) is 105 cm³/mol. The molecular formula is C20H17F2N7O3. The zero-order chi connectivity index (χ0) is 22.4. The van der Waals surface area contributed by atoms with E-state index >= 15 is 0 Å². The molecule has 0 radical (unpaired) electrons. The van der Waals surface area contributed by atoms with Gasteiger partial charge in [0.25, 0.3) is 12.3 Å². The average Bonchev–Trinajstić information content (AvgIpc) is 3.47. The second-order valence-electron chi connectivity index (χ2n) is 7.60. The molecule has 0 saturated carbocycles. The van der Waals surface area contributed by atoms with Gasteiger partial charge in [0, 0.05) is 24.7 Å². The second-order valence-corrected chi connectivity index (χ2v) is 7.60. The summed E-state index contributed by atoms with van der Waals surface area (Å²) < 4.78 is 27.7. The Balaban J connectivity index is 1.36. The lowest BCUT2D eigenvalue weighted by Gasteiger charge is -2.29. The summed E-state index contributed by atoms with van der Waals surface area (Å²) in [5, 5.41) is 14.5. The van der Waals surface area contributed by atoms with Crippen molar-refractivity contribution < 1.29 is 23.2 Å². The number of imide groups is 1. The van der Waals surface area contributed by atoms with Crippen molar-refractivity contribution in [2.75, 3.05) is 0 Å². The van der Waals surface area contributed by atoms with Crippen molar-refractivity contribution in [1.29, 1.82) is 0 Å². The molecule has 1 saturated heterocycles. The first-order valence-corrected chi connectivity index (χ1v) is 9.91. The molecule has 32 heavy (non-hydrogen) atoms. The number of nitrogens with one attached hydrogen (secondary N) is 1. The number of carbonyl (C=O) groups is 3. The van der Waals surface area contributed by atoms with Crippen LogP contribution in [0.3, 0.4) is 0 Å². The van der Waals surface area contributed by atoms with E-state index in [4.69, 9.17) is 0 Å². The van der Waals surface area contributed by atoms with Crippen LogP contribution in [0, 0.1) is 0 Å². The van der Waals surface area contributed by atoms with Crippen molar-refractivity contribution in [3.8, 4) is 17.1 Å². The number of alkyl halides is 2. The SMILES string of the molecule is O=C1CCC(N2Cc3cc(-n4cc(-c5ccn(CC(F)F)n5)nn4)ccc3C2=O)C(=O)N1. The smallest absolute Gasteiger partial charge is 0.257 e. The normalized spacial score (nSPS) is 18.4. The molecule has 4 heterocycles. The van der Waals surface area contributed by atoms with Crippen LogP contribution in [0.1, 0.15) is 28.8 Å². The monoisotopic (exact) mass is 441 g/mol. The van der Waals surface area contributed by atoms with Gasteiger partial charge >= 0.3 is 0 Å². The van der Waals surface area contributed by atoms with Gasteiger partial charge in [-0.15, -0.1) is 5.10 Å². The quantitative estimate of drug-likeness (QED) is 0.594. The van der Waals surface area contributed by atoms with Crippen molar-refractivity contribution in [2.45, 2.75) is 38.4 Å². The summed E-state index contributed by atoms with van der Waals surface area (Å²) in [5.41, 5.74) is 2.70. The lowest BCUT2D eigenvalue weighted by atomic mass is 10.0.